The first-order chi connectivity index (χ1) is 10.1. The molecular weight excluding hydrogens is 264 g/mol. The highest BCUT2D eigenvalue weighted by atomic mass is 16.1. The summed E-state index contributed by atoms with van der Waals surface area (Å²) < 4.78 is 1.77. The number of rotatable bonds is 6. The second-order valence-corrected chi connectivity index (χ2v) is 6.24. The van der Waals surface area contributed by atoms with Crippen molar-refractivity contribution in [2.45, 2.75) is 52.6 Å². The van der Waals surface area contributed by atoms with Crippen LogP contribution in [0.25, 0.3) is 0 Å². The summed E-state index contributed by atoms with van der Waals surface area (Å²) in [7, 11) is 0. The van der Waals surface area contributed by atoms with Crippen LogP contribution >= 0.6 is 0 Å². The van der Waals surface area contributed by atoms with Gasteiger partial charge in [0.15, 0.2) is 5.82 Å². The maximum Gasteiger partial charge on any atom is 0.293 e. The molecule has 0 aliphatic carbocycles. The summed E-state index contributed by atoms with van der Waals surface area (Å²) in [6.45, 7) is 10.2. The van der Waals surface area contributed by atoms with E-state index in [-0.39, 0.29) is 5.56 Å². The summed E-state index contributed by atoms with van der Waals surface area (Å²) in [6.07, 6.45) is 6.76. The van der Waals surface area contributed by atoms with Gasteiger partial charge in [-0.25, -0.2) is 4.98 Å². The minimum absolute atomic E-state index is 0.0538. The minimum atomic E-state index is 0.0538. The molecule has 0 spiro atoms. The molecule has 0 atom stereocenters. The van der Waals surface area contributed by atoms with E-state index in [1.807, 2.05) is 0 Å². The van der Waals surface area contributed by atoms with E-state index >= 15 is 0 Å². The first-order valence-corrected chi connectivity index (χ1v) is 8.15. The molecule has 118 valence electrons. The summed E-state index contributed by atoms with van der Waals surface area (Å²) >= 11 is 0. The smallest absolute Gasteiger partial charge is 0.293 e. The summed E-state index contributed by atoms with van der Waals surface area (Å²) in [5, 5.41) is 3.51. The Morgan fingerprint density at radius 2 is 2.10 bits per heavy atom. The molecule has 2 rings (SSSR count). The molecule has 1 saturated heterocycles. The second kappa shape index (κ2) is 7.59. The van der Waals surface area contributed by atoms with Crippen LogP contribution in [-0.2, 0) is 6.54 Å². The average molecular weight is 292 g/mol. The fraction of sp³-hybridized carbons (Fsp3) is 0.750. The largest absolute Gasteiger partial charge is 0.352 e. The number of piperidine rings is 1. The van der Waals surface area contributed by atoms with E-state index < -0.39 is 0 Å². The van der Waals surface area contributed by atoms with Gasteiger partial charge < -0.3 is 14.8 Å². The summed E-state index contributed by atoms with van der Waals surface area (Å²) in [6, 6.07) is 0.542. The van der Waals surface area contributed by atoms with Crippen molar-refractivity contribution >= 4 is 5.82 Å². The SMILES string of the molecule is CCCn1ccnc(N2CCC(CNC(C)C)CC2)c1=O. The van der Waals surface area contributed by atoms with E-state index in [1.165, 1.54) is 0 Å². The van der Waals surface area contributed by atoms with Crippen LogP contribution in [0.2, 0.25) is 0 Å². The summed E-state index contributed by atoms with van der Waals surface area (Å²) in [5.74, 6) is 1.34. The number of nitrogens with one attached hydrogen (secondary N) is 1. The maximum absolute atomic E-state index is 12.4. The number of nitrogens with zero attached hydrogens (tertiary/aromatic N) is 3. The van der Waals surface area contributed by atoms with E-state index in [9.17, 15) is 4.79 Å². The third kappa shape index (κ3) is 4.30. The highest BCUT2D eigenvalue weighted by Crippen LogP contribution is 2.19. The highest BCUT2D eigenvalue weighted by molar-refractivity contribution is 5.36. The Hall–Kier alpha value is -1.36. The topological polar surface area (TPSA) is 50.2 Å². The molecule has 0 unspecified atom stereocenters. The lowest BCUT2D eigenvalue weighted by Crippen LogP contribution is -2.41. The molecule has 0 amide bonds. The fourth-order valence-electron chi connectivity index (χ4n) is 2.82. The van der Waals surface area contributed by atoms with Crippen LogP contribution in [0.1, 0.15) is 40.0 Å². The standard InChI is InChI=1S/C16H28N4O/c1-4-8-20-11-7-17-15(16(20)21)19-9-5-14(6-10-19)12-18-13(2)3/h7,11,13-14,18H,4-6,8-10,12H2,1-3H3. The van der Waals surface area contributed by atoms with E-state index in [0.717, 1.165) is 45.4 Å². The van der Waals surface area contributed by atoms with Crippen LogP contribution in [0, 0.1) is 5.92 Å². The molecule has 0 aromatic carbocycles. The number of hydrogen-bond donors (Lipinski definition) is 1. The molecule has 0 radical (unpaired) electrons. The predicted molar refractivity (Wildman–Crippen MR) is 86.9 cm³/mol. The van der Waals surface area contributed by atoms with Gasteiger partial charge in [0.25, 0.3) is 5.56 Å². The van der Waals surface area contributed by atoms with Gasteiger partial charge in [0.2, 0.25) is 0 Å². The Bertz CT molecular complexity index is 489. The predicted octanol–water partition coefficient (Wildman–Crippen LogP) is 1.87. The Kier molecular flexibility index (Phi) is 5.79. The molecule has 21 heavy (non-hydrogen) atoms. The highest BCUT2D eigenvalue weighted by Gasteiger charge is 2.22. The molecule has 5 nitrogen and oxygen atoms in total. The Labute approximate surface area is 127 Å². The Balaban J connectivity index is 1.96. The lowest BCUT2D eigenvalue weighted by molar-refractivity contribution is 0.369. The molecule has 2 heterocycles. The van der Waals surface area contributed by atoms with Crippen molar-refractivity contribution in [1.82, 2.24) is 14.9 Å². The van der Waals surface area contributed by atoms with Gasteiger partial charge in [-0.1, -0.05) is 20.8 Å². The number of aryl methyl sites for hydroxylation is 1. The van der Waals surface area contributed by atoms with E-state index in [1.54, 1.807) is 17.0 Å². The lowest BCUT2D eigenvalue weighted by atomic mass is 9.96. The zero-order valence-corrected chi connectivity index (χ0v) is 13.5. The van der Waals surface area contributed by atoms with Crippen molar-refractivity contribution in [3.8, 4) is 0 Å². The van der Waals surface area contributed by atoms with E-state index in [0.29, 0.717) is 17.8 Å². The van der Waals surface area contributed by atoms with Crippen LogP contribution in [-0.4, -0.2) is 35.2 Å². The minimum Gasteiger partial charge on any atom is -0.352 e. The normalized spacial score (nSPS) is 16.7. The van der Waals surface area contributed by atoms with E-state index in [2.05, 4.69) is 36.0 Å². The molecule has 1 aliphatic heterocycles. The van der Waals surface area contributed by atoms with Crippen molar-refractivity contribution in [1.29, 1.82) is 0 Å². The van der Waals surface area contributed by atoms with Gasteiger partial charge in [-0.2, -0.15) is 0 Å². The first-order valence-electron chi connectivity index (χ1n) is 8.15. The van der Waals surface area contributed by atoms with Gasteiger partial charge in [-0.05, 0) is 31.7 Å². The molecule has 1 aliphatic rings. The molecule has 1 aromatic rings. The van der Waals surface area contributed by atoms with Gasteiger partial charge in [0.1, 0.15) is 0 Å². The molecule has 1 N–H and O–H groups in total. The number of aromatic nitrogens is 2. The van der Waals surface area contributed by atoms with Gasteiger partial charge in [-0.15, -0.1) is 0 Å². The molecule has 1 aromatic heterocycles. The Morgan fingerprint density at radius 3 is 2.71 bits per heavy atom. The van der Waals surface area contributed by atoms with Crippen molar-refractivity contribution in [2.75, 3.05) is 24.5 Å². The average Bonchev–Trinajstić information content (AvgIpc) is 2.48. The second-order valence-electron chi connectivity index (χ2n) is 6.24. The molecule has 1 fully saturated rings. The molecular formula is C16H28N4O. The van der Waals surface area contributed by atoms with Crippen molar-refractivity contribution < 1.29 is 0 Å². The monoisotopic (exact) mass is 292 g/mol. The summed E-state index contributed by atoms with van der Waals surface area (Å²) in [5.41, 5.74) is 0.0538. The van der Waals surface area contributed by atoms with Crippen LogP contribution in [0.3, 0.4) is 0 Å². The number of anilines is 1. The first kappa shape index (κ1) is 16.0. The van der Waals surface area contributed by atoms with Crippen LogP contribution < -0.4 is 15.8 Å². The zero-order chi connectivity index (χ0) is 15.2. The lowest BCUT2D eigenvalue weighted by Gasteiger charge is -2.32. The van der Waals surface area contributed by atoms with Crippen molar-refractivity contribution in [2.24, 2.45) is 5.92 Å². The van der Waals surface area contributed by atoms with Crippen LogP contribution in [0.5, 0.6) is 0 Å². The molecule has 0 saturated carbocycles. The third-order valence-electron chi connectivity index (χ3n) is 4.09. The summed E-state index contributed by atoms with van der Waals surface area (Å²) in [4.78, 5) is 18.9. The van der Waals surface area contributed by atoms with Gasteiger partial charge in [0, 0.05) is 38.1 Å². The number of hydrogen-bond acceptors (Lipinski definition) is 4. The molecule has 0 bridgehead atoms. The van der Waals surface area contributed by atoms with Crippen molar-refractivity contribution in [3.63, 3.8) is 0 Å². The van der Waals surface area contributed by atoms with Gasteiger partial charge in [-0.3, -0.25) is 4.79 Å². The van der Waals surface area contributed by atoms with Gasteiger partial charge >= 0.3 is 0 Å². The van der Waals surface area contributed by atoms with Crippen molar-refractivity contribution in [3.05, 3.63) is 22.7 Å². The van der Waals surface area contributed by atoms with Crippen LogP contribution in [0.4, 0.5) is 5.82 Å². The van der Waals surface area contributed by atoms with Gasteiger partial charge in [0.05, 0.1) is 0 Å². The maximum atomic E-state index is 12.4. The van der Waals surface area contributed by atoms with E-state index in [4.69, 9.17) is 0 Å². The quantitative estimate of drug-likeness (QED) is 0.869. The third-order valence-corrected chi connectivity index (χ3v) is 4.09. The zero-order valence-electron chi connectivity index (χ0n) is 13.5. The fourth-order valence-corrected chi connectivity index (χ4v) is 2.82. The van der Waals surface area contributed by atoms with Crippen LogP contribution in [0.15, 0.2) is 17.2 Å². The Morgan fingerprint density at radius 1 is 1.38 bits per heavy atom. The molecule has 5 heteroatoms.